The van der Waals surface area contributed by atoms with Crippen LogP contribution in [0.5, 0.6) is 0 Å². The minimum Gasteiger partial charge on any atom is -0.449 e. The van der Waals surface area contributed by atoms with Crippen LogP contribution >= 0.6 is 0 Å². The van der Waals surface area contributed by atoms with E-state index in [1.54, 1.807) is 6.92 Å². The topological polar surface area (TPSA) is 58.6 Å². The molecule has 2 rings (SSSR count). The number of para-hydroxylation sites is 1. The third-order valence-electron chi connectivity index (χ3n) is 3.24. The van der Waals surface area contributed by atoms with Gasteiger partial charge in [0.1, 0.15) is 6.04 Å². The molecule has 1 aromatic carbocycles. The molecule has 108 valence electrons. The van der Waals surface area contributed by atoms with Crippen LogP contribution < -0.4 is 5.32 Å². The third-order valence-corrected chi connectivity index (χ3v) is 3.24. The van der Waals surface area contributed by atoms with E-state index in [1.165, 1.54) is 4.90 Å². The highest BCUT2D eigenvalue weighted by Crippen LogP contribution is 2.23. The third kappa shape index (κ3) is 3.10. The smallest absolute Gasteiger partial charge is 0.410 e. The zero-order valence-corrected chi connectivity index (χ0v) is 12.1. The Hall–Kier alpha value is -2.04. The SMILES string of the molecule is CC(C)COC(=O)N1Cc2ccccc2NC(=O)C1C. The summed E-state index contributed by atoms with van der Waals surface area (Å²) in [6.07, 6.45) is -0.446. The molecule has 0 fully saturated rings. The Morgan fingerprint density at radius 2 is 2.15 bits per heavy atom. The largest absolute Gasteiger partial charge is 0.449 e. The van der Waals surface area contributed by atoms with E-state index in [4.69, 9.17) is 4.74 Å². The molecule has 0 bridgehead atoms. The molecular weight excluding hydrogens is 256 g/mol. The lowest BCUT2D eigenvalue weighted by Crippen LogP contribution is -2.43. The summed E-state index contributed by atoms with van der Waals surface area (Å²) in [4.78, 5) is 25.7. The Morgan fingerprint density at radius 1 is 1.45 bits per heavy atom. The highest BCUT2D eigenvalue weighted by atomic mass is 16.6. The minimum atomic E-state index is -0.554. The lowest BCUT2D eigenvalue weighted by molar-refractivity contribution is -0.120. The van der Waals surface area contributed by atoms with Crippen molar-refractivity contribution in [2.75, 3.05) is 11.9 Å². The average Bonchev–Trinajstić information content (AvgIpc) is 2.54. The summed E-state index contributed by atoms with van der Waals surface area (Å²) >= 11 is 0. The fourth-order valence-electron chi connectivity index (χ4n) is 2.02. The first-order valence-electron chi connectivity index (χ1n) is 6.81. The Kier molecular flexibility index (Phi) is 4.27. The van der Waals surface area contributed by atoms with Crippen LogP contribution in [-0.4, -0.2) is 29.5 Å². The van der Waals surface area contributed by atoms with E-state index >= 15 is 0 Å². The zero-order valence-electron chi connectivity index (χ0n) is 12.1. The highest BCUT2D eigenvalue weighted by molar-refractivity contribution is 5.97. The lowest BCUT2D eigenvalue weighted by atomic mass is 10.2. The van der Waals surface area contributed by atoms with Crippen molar-refractivity contribution in [3.8, 4) is 0 Å². The molecular formula is C15H20N2O3. The molecule has 20 heavy (non-hydrogen) atoms. The molecule has 0 aromatic heterocycles. The van der Waals surface area contributed by atoms with Gasteiger partial charge in [-0.25, -0.2) is 4.79 Å². The average molecular weight is 276 g/mol. The molecule has 0 saturated carbocycles. The first kappa shape index (κ1) is 14.4. The number of ether oxygens (including phenoxy) is 1. The van der Waals surface area contributed by atoms with Crippen molar-refractivity contribution in [1.82, 2.24) is 4.90 Å². The van der Waals surface area contributed by atoms with E-state index in [2.05, 4.69) is 5.32 Å². The second-order valence-corrected chi connectivity index (χ2v) is 5.42. The molecule has 1 heterocycles. The standard InChI is InChI=1S/C15H20N2O3/c1-10(2)9-20-15(19)17-8-12-6-4-5-7-13(12)16-14(18)11(17)3/h4-7,10-11H,8-9H2,1-3H3,(H,16,18). The number of rotatable bonds is 2. The number of nitrogens with one attached hydrogen (secondary N) is 1. The van der Waals surface area contributed by atoms with Gasteiger partial charge in [0.05, 0.1) is 13.2 Å². The van der Waals surface area contributed by atoms with Gasteiger partial charge in [0.15, 0.2) is 0 Å². The predicted octanol–water partition coefficient (Wildman–Crippen LogP) is 2.62. The molecule has 1 aliphatic rings. The minimum absolute atomic E-state index is 0.198. The van der Waals surface area contributed by atoms with Gasteiger partial charge < -0.3 is 10.1 Å². The van der Waals surface area contributed by atoms with Crippen molar-refractivity contribution in [2.24, 2.45) is 5.92 Å². The molecule has 5 heteroatoms. The van der Waals surface area contributed by atoms with E-state index in [-0.39, 0.29) is 11.8 Å². The van der Waals surface area contributed by atoms with Crippen LogP contribution in [0.2, 0.25) is 0 Å². The Bertz CT molecular complexity index is 514. The van der Waals surface area contributed by atoms with Gasteiger partial charge in [-0.2, -0.15) is 0 Å². The van der Waals surface area contributed by atoms with Crippen LogP contribution in [0.1, 0.15) is 26.3 Å². The van der Waals surface area contributed by atoms with Gasteiger partial charge >= 0.3 is 6.09 Å². The predicted molar refractivity (Wildman–Crippen MR) is 76.3 cm³/mol. The van der Waals surface area contributed by atoms with Crippen molar-refractivity contribution < 1.29 is 14.3 Å². The maximum absolute atomic E-state index is 12.1. The number of carbonyl (C=O) groups is 2. The van der Waals surface area contributed by atoms with Crippen molar-refractivity contribution in [2.45, 2.75) is 33.4 Å². The number of hydrogen-bond acceptors (Lipinski definition) is 3. The van der Waals surface area contributed by atoms with Crippen LogP contribution in [0.15, 0.2) is 24.3 Å². The van der Waals surface area contributed by atoms with Gasteiger partial charge in [0, 0.05) is 5.69 Å². The molecule has 1 aliphatic heterocycles. The molecule has 0 aliphatic carbocycles. The molecule has 0 saturated heterocycles. The number of benzene rings is 1. The highest BCUT2D eigenvalue weighted by Gasteiger charge is 2.31. The lowest BCUT2D eigenvalue weighted by Gasteiger charge is -2.25. The summed E-state index contributed by atoms with van der Waals surface area (Å²) in [7, 11) is 0. The summed E-state index contributed by atoms with van der Waals surface area (Å²) in [6, 6.07) is 6.93. The summed E-state index contributed by atoms with van der Waals surface area (Å²) in [5, 5.41) is 2.83. The normalized spacial score (nSPS) is 18.3. The molecule has 2 amide bonds. The number of carbonyl (C=O) groups excluding carboxylic acids is 2. The van der Waals surface area contributed by atoms with Gasteiger partial charge in [-0.1, -0.05) is 32.0 Å². The first-order chi connectivity index (χ1) is 9.49. The van der Waals surface area contributed by atoms with E-state index in [0.717, 1.165) is 11.3 Å². The number of amides is 2. The molecule has 0 spiro atoms. The summed E-state index contributed by atoms with van der Waals surface area (Å²) in [5.74, 6) is 0.0683. The van der Waals surface area contributed by atoms with Crippen LogP contribution in [0.3, 0.4) is 0 Å². The van der Waals surface area contributed by atoms with Gasteiger partial charge in [-0.15, -0.1) is 0 Å². The van der Waals surface area contributed by atoms with Crippen LogP contribution in [0.4, 0.5) is 10.5 Å². The fraction of sp³-hybridized carbons (Fsp3) is 0.467. The molecule has 1 aromatic rings. The molecule has 1 unspecified atom stereocenters. The quantitative estimate of drug-likeness (QED) is 0.903. The van der Waals surface area contributed by atoms with Crippen molar-refractivity contribution in [3.05, 3.63) is 29.8 Å². The molecule has 5 nitrogen and oxygen atoms in total. The monoisotopic (exact) mass is 276 g/mol. The van der Waals surface area contributed by atoms with Crippen molar-refractivity contribution in [3.63, 3.8) is 0 Å². The summed E-state index contributed by atoms with van der Waals surface area (Å²) < 4.78 is 5.24. The second-order valence-electron chi connectivity index (χ2n) is 5.42. The van der Waals surface area contributed by atoms with E-state index in [0.29, 0.717) is 13.2 Å². The summed E-state index contributed by atoms with van der Waals surface area (Å²) in [6.45, 7) is 6.37. The number of nitrogens with zero attached hydrogens (tertiary/aromatic N) is 1. The second kappa shape index (κ2) is 5.94. The van der Waals surface area contributed by atoms with Crippen LogP contribution in [0.25, 0.3) is 0 Å². The summed E-state index contributed by atoms with van der Waals surface area (Å²) in [5.41, 5.74) is 1.66. The van der Waals surface area contributed by atoms with Crippen LogP contribution in [0, 0.1) is 5.92 Å². The molecule has 1 N–H and O–H groups in total. The number of anilines is 1. The van der Waals surface area contributed by atoms with Crippen molar-refractivity contribution >= 4 is 17.7 Å². The van der Waals surface area contributed by atoms with E-state index < -0.39 is 12.1 Å². The Balaban J connectivity index is 2.19. The maximum atomic E-state index is 12.1. The Morgan fingerprint density at radius 3 is 2.85 bits per heavy atom. The van der Waals surface area contributed by atoms with E-state index in [9.17, 15) is 9.59 Å². The first-order valence-corrected chi connectivity index (χ1v) is 6.81. The fourth-order valence-corrected chi connectivity index (χ4v) is 2.02. The van der Waals surface area contributed by atoms with Gasteiger partial charge in [-0.3, -0.25) is 9.69 Å². The molecule has 1 atom stereocenters. The Labute approximate surface area is 118 Å². The van der Waals surface area contributed by atoms with Gasteiger partial charge in [-0.05, 0) is 24.5 Å². The van der Waals surface area contributed by atoms with Gasteiger partial charge in [0.25, 0.3) is 0 Å². The van der Waals surface area contributed by atoms with Crippen LogP contribution in [-0.2, 0) is 16.1 Å². The van der Waals surface area contributed by atoms with Gasteiger partial charge in [0.2, 0.25) is 5.91 Å². The number of fused-ring (bicyclic) bond motifs is 1. The number of hydrogen-bond donors (Lipinski definition) is 1. The van der Waals surface area contributed by atoms with Crippen molar-refractivity contribution in [1.29, 1.82) is 0 Å². The zero-order chi connectivity index (χ0) is 14.7. The maximum Gasteiger partial charge on any atom is 0.410 e. The molecule has 0 radical (unpaired) electrons. The van der Waals surface area contributed by atoms with E-state index in [1.807, 2.05) is 38.1 Å².